The minimum atomic E-state index is -4.55. The number of hydrogen-bond acceptors (Lipinski definition) is 25. The molecule has 0 spiro atoms. The van der Waals surface area contributed by atoms with E-state index in [0.29, 0.717) is 86.8 Å². The second kappa shape index (κ2) is 33.1. The summed E-state index contributed by atoms with van der Waals surface area (Å²) in [6.07, 6.45) is -3.35. The Labute approximate surface area is 635 Å². The third-order valence-electron chi connectivity index (χ3n) is 18.0. The van der Waals surface area contributed by atoms with Gasteiger partial charge in [-0.15, -0.1) is 0 Å². The SMILES string of the molecule is Cc1cc(Nc2cc(N3CC(N4CCOCC4)C3)nc(Sc3ccc(NC(=O)CC(F)(F)F)cc3)n2)n[nH]1.Cc1cc(Nc2cc(N3CCC3)nc(Sc3ccc(NC(=O)c4ncccc4C)cc3)n2)n[nH]1.Cc1ccc2cc(Sc3nc(Nc4cc(C)[nH]n4)cc(N4CC(N5CCC(F)C5)C4)n3)ccc2n1.[HH].[HH].[HH].[HH].[HH].[HH]. The first kappa shape index (κ1) is 73.4. The highest BCUT2D eigenvalue weighted by molar-refractivity contribution is 7.99. The highest BCUT2D eigenvalue weighted by Gasteiger charge is 2.38. The van der Waals surface area contributed by atoms with E-state index in [2.05, 4.69) is 120 Å². The van der Waals surface area contributed by atoms with Crippen LogP contribution in [0.3, 0.4) is 0 Å². The number of H-pyrrole nitrogens is 3. The monoisotopic (exact) mass is 1520 g/mol. The Morgan fingerprint density at radius 1 is 0.533 bits per heavy atom. The molecule has 1 atom stereocenters. The molecule has 2 amide bonds. The number of likely N-dealkylation sites (tertiary alicyclic amines) is 1. The highest BCUT2D eigenvalue weighted by Crippen LogP contribution is 2.37. The molecule has 16 rings (SSSR count). The number of fused-ring (bicyclic) bond motifs is 1. The lowest BCUT2D eigenvalue weighted by molar-refractivity contribution is -0.150. The molecule has 107 heavy (non-hydrogen) atoms. The molecule has 34 heteroatoms. The van der Waals surface area contributed by atoms with Crippen molar-refractivity contribution in [2.45, 2.75) is 108 Å². The molecule has 8 N–H and O–H groups in total. The first-order valence-corrected chi connectivity index (χ1v) is 37.4. The van der Waals surface area contributed by atoms with Crippen LogP contribution in [0.4, 0.5) is 81.3 Å². The van der Waals surface area contributed by atoms with Crippen LogP contribution in [0.25, 0.3) is 10.9 Å². The maximum atomic E-state index is 13.7. The van der Waals surface area contributed by atoms with Gasteiger partial charge in [-0.1, -0.05) is 12.1 Å². The zero-order valence-electron chi connectivity index (χ0n) is 59.2. The number of alkyl halides is 4. The number of aromatic amines is 3. The Hall–Kier alpha value is -10.5. The van der Waals surface area contributed by atoms with Crippen molar-refractivity contribution >= 4 is 122 Å². The van der Waals surface area contributed by atoms with Gasteiger partial charge in [0.15, 0.2) is 32.9 Å². The maximum Gasteiger partial charge on any atom is 0.397 e. The minimum Gasteiger partial charge on any atom is -0.379 e. The zero-order chi connectivity index (χ0) is 74.1. The lowest BCUT2D eigenvalue weighted by atomic mass is 10.1. The summed E-state index contributed by atoms with van der Waals surface area (Å²) in [6.45, 7) is 19.8. The summed E-state index contributed by atoms with van der Waals surface area (Å²) < 4.78 is 56.4. The van der Waals surface area contributed by atoms with Crippen molar-refractivity contribution in [2.24, 2.45) is 0 Å². The summed E-state index contributed by atoms with van der Waals surface area (Å²) in [5, 5.41) is 39.3. The van der Waals surface area contributed by atoms with Crippen molar-refractivity contribution in [3.05, 3.63) is 168 Å². The molecule has 8 aromatic heterocycles. The molecule has 27 nitrogen and oxygen atoms in total. The number of amides is 2. The second-order valence-corrected chi connectivity index (χ2v) is 29.6. The number of rotatable bonds is 21. The predicted molar refractivity (Wildman–Crippen MR) is 419 cm³/mol. The molecule has 5 aliphatic rings. The number of ether oxygens (including phenoxy) is 1. The number of anilines is 11. The summed E-state index contributed by atoms with van der Waals surface area (Å²) in [4.78, 5) is 75.4. The molecule has 0 saturated carbocycles. The average Bonchev–Trinajstić information content (AvgIpc) is 1.42. The standard InChI is InChI=1S/C25H27FN8S.C24H27F3N8O2S.C24H24N8OS.6H2/c1-15-3-4-17-10-20(5-6-21(17)27-15)35-25-29-22(28-23-9-16(2)31-32-23)11-24(30-25)34-13-19(14-34)33-8-7-18(26)12-33;1-15-10-20(33-32-15)29-19-11-21(35-13-17(14-35)34-6-8-37-9-7-34)31-23(30-19)38-18-4-2-16(3-5-18)28-22(36)12-24(25,26)27;1-15-5-3-10-25-22(15)23(33)26-17-6-8-18(9-7-17)34-24-28-19(27-20-13-16(2)30-31-20)14-21(29-24)32-11-4-12-32;;;;;;/h3-6,9-11,18-19H,7-8,12-14H2,1-2H3,(H2,28,29,30,31,32);2-5,10-11,17H,6-9,12-14H2,1H3,(H,28,36)(H2,29,30,31,32,33);3,5-10,13-14H,4,11-12H2,1-2H3,(H,26,33)(H2,27,28,29,30,31);6*1H. The summed E-state index contributed by atoms with van der Waals surface area (Å²) in [7, 11) is 0. The minimum absolute atomic E-state index is 0. The van der Waals surface area contributed by atoms with Crippen molar-refractivity contribution in [1.82, 2.24) is 80.3 Å². The number of aromatic nitrogens is 14. The van der Waals surface area contributed by atoms with E-state index in [1.165, 1.54) is 41.7 Å². The van der Waals surface area contributed by atoms with Crippen LogP contribution < -0.4 is 41.3 Å². The zero-order valence-corrected chi connectivity index (χ0v) is 61.6. The van der Waals surface area contributed by atoms with Gasteiger partial charge in [0.05, 0.1) is 18.7 Å². The molecule has 13 heterocycles. The highest BCUT2D eigenvalue weighted by atomic mass is 32.2. The van der Waals surface area contributed by atoms with Gasteiger partial charge in [0, 0.05) is 183 Å². The quantitative estimate of drug-likeness (QED) is 0.0245. The van der Waals surface area contributed by atoms with E-state index in [-0.39, 0.29) is 20.2 Å². The third-order valence-corrected chi connectivity index (χ3v) is 20.6. The summed E-state index contributed by atoms with van der Waals surface area (Å²) in [5.41, 5.74) is 7.07. The Morgan fingerprint density at radius 2 is 1.03 bits per heavy atom. The first-order valence-electron chi connectivity index (χ1n) is 34.9. The number of morpholine rings is 1. The number of nitrogens with zero attached hydrogens (tertiary/aromatic N) is 16. The van der Waals surface area contributed by atoms with Crippen molar-refractivity contribution in [1.29, 1.82) is 0 Å². The summed E-state index contributed by atoms with van der Waals surface area (Å²) in [5.74, 6) is 5.25. The molecule has 566 valence electrons. The van der Waals surface area contributed by atoms with Gasteiger partial charge in [0.1, 0.15) is 53.2 Å². The van der Waals surface area contributed by atoms with E-state index in [4.69, 9.17) is 24.7 Å². The Kier molecular flexibility index (Phi) is 22.7. The fraction of sp³-hybridized carbons (Fsp3) is 0.329. The van der Waals surface area contributed by atoms with E-state index >= 15 is 0 Å². The van der Waals surface area contributed by atoms with Crippen LogP contribution in [0, 0.1) is 34.6 Å². The molecule has 5 saturated heterocycles. The van der Waals surface area contributed by atoms with E-state index < -0.39 is 24.7 Å². The van der Waals surface area contributed by atoms with Gasteiger partial charge in [0.25, 0.3) is 5.91 Å². The number of pyridine rings is 2. The summed E-state index contributed by atoms with van der Waals surface area (Å²) >= 11 is 4.31. The lowest BCUT2D eigenvalue weighted by Crippen LogP contribution is -2.61. The van der Waals surface area contributed by atoms with Gasteiger partial charge in [-0.25, -0.2) is 34.3 Å². The summed E-state index contributed by atoms with van der Waals surface area (Å²) in [6, 6.07) is 40.5. The first-order chi connectivity index (χ1) is 51.7. The van der Waals surface area contributed by atoms with E-state index in [0.717, 1.165) is 143 Å². The van der Waals surface area contributed by atoms with Gasteiger partial charge in [-0.3, -0.25) is 44.7 Å². The molecule has 1 unspecified atom stereocenters. The maximum absolute atomic E-state index is 13.7. The van der Waals surface area contributed by atoms with E-state index in [1.54, 1.807) is 30.5 Å². The predicted octanol–water partition coefficient (Wildman–Crippen LogP) is 14.4. The van der Waals surface area contributed by atoms with Crippen molar-refractivity contribution in [3.8, 4) is 0 Å². The molecule has 5 fully saturated rings. The number of carbonyl (C=O) groups excluding carboxylic acids is 2. The Balaban J connectivity index is 0.000000207. The fourth-order valence-electron chi connectivity index (χ4n) is 12.3. The van der Waals surface area contributed by atoms with Crippen LogP contribution in [-0.2, 0) is 9.53 Å². The number of nitrogens with one attached hydrogen (secondary N) is 8. The number of halogens is 4. The normalized spacial score (nSPS) is 16.2. The Bertz CT molecular complexity index is 4950. The number of carbonyl (C=O) groups is 2. The van der Waals surface area contributed by atoms with Gasteiger partial charge >= 0.3 is 6.18 Å². The van der Waals surface area contributed by atoms with Crippen LogP contribution in [0.15, 0.2) is 164 Å². The van der Waals surface area contributed by atoms with E-state index in [9.17, 15) is 27.2 Å². The van der Waals surface area contributed by atoms with Crippen LogP contribution >= 0.6 is 35.3 Å². The average molecular weight is 1520 g/mol. The fourth-order valence-corrected chi connectivity index (χ4v) is 14.6. The molecule has 11 aromatic rings. The molecule has 5 aliphatic heterocycles. The molecule has 0 aliphatic carbocycles. The second-order valence-electron chi connectivity index (χ2n) is 26.5. The number of hydrogen-bond donors (Lipinski definition) is 8. The Morgan fingerprint density at radius 3 is 1.50 bits per heavy atom. The van der Waals surface area contributed by atoms with Crippen molar-refractivity contribution in [3.63, 3.8) is 0 Å². The van der Waals surface area contributed by atoms with Gasteiger partial charge < -0.3 is 46.0 Å². The molecular weight excluding hydrogens is 1430 g/mol. The van der Waals surface area contributed by atoms with Crippen LogP contribution in [0.2, 0.25) is 0 Å². The lowest BCUT2D eigenvalue weighted by Gasteiger charge is -2.47. The van der Waals surface area contributed by atoms with Crippen LogP contribution in [-0.4, -0.2) is 195 Å². The topological polar surface area (TPSA) is 309 Å². The number of aryl methyl sites for hydroxylation is 5. The smallest absolute Gasteiger partial charge is 0.379 e. The third kappa shape index (κ3) is 19.8. The molecule has 3 aromatic carbocycles. The number of benzene rings is 3. The molecular formula is C73H90F4N24O3S3. The molecule has 0 bridgehead atoms. The van der Waals surface area contributed by atoms with Crippen LogP contribution in [0.1, 0.15) is 66.6 Å². The van der Waals surface area contributed by atoms with Gasteiger partial charge in [-0.2, -0.15) is 28.5 Å². The van der Waals surface area contributed by atoms with Crippen molar-refractivity contribution in [2.75, 3.05) is 120 Å². The van der Waals surface area contributed by atoms with Gasteiger partial charge in [-0.05, 0) is 167 Å². The van der Waals surface area contributed by atoms with E-state index in [1.807, 2.05) is 120 Å². The van der Waals surface area contributed by atoms with Gasteiger partial charge in [0.2, 0.25) is 5.91 Å². The van der Waals surface area contributed by atoms with Crippen molar-refractivity contribution < 1.29 is 40.4 Å². The van der Waals surface area contributed by atoms with Crippen LogP contribution in [0.5, 0.6) is 0 Å². The largest absolute Gasteiger partial charge is 0.397 e. The molecule has 0 radical (unpaired) electrons.